The maximum Gasteiger partial charge on any atom is 0.142 e. The smallest absolute Gasteiger partial charge is 0.142 e. The van der Waals surface area contributed by atoms with Gasteiger partial charge in [0.25, 0.3) is 0 Å². The Hall–Kier alpha value is -1.48. The van der Waals surface area contributed by atoms with Crippen molar-refractivity contribution in [1.29, 1.82) is 0 Å². The van der Waals surface area contributed by atoms with Crippen LogP contribution in [0.25, 0.3) is 0 Å². The fraction of sp³-hybridized carbons (Fsp3) is 0.579. The third-order valence-electron chi connectivity index (χ3n) is 4.58. The fourth-order valence-electron chi connectivity index (χ4n) is 3.35. The minimum absolute atomic E-state index is 0.506. The lowest BCUT2D eigenvalue weighted by Crippen LogP contribution is -2.29. The minimum atomic E-state index is 0.506. The topological polar surface area (TPSA) is 33.3 Å². The molecule has 0 saturated carbocycles. The number of ether oxygens (including phenoxy) is 1. The van der Waals surface area contributed by atoms with Gasteiger partial charge in [-0.2, -0.15) is 0 Å². The largest absolute Gasteiger partial charge is 0.490 e. The summed E-state index contributed by atoms with van der Waals surface area (Å²) in [5.41, 5.74) is 4.16. The van der Waals surface area contributed by atoms with Gasteiger partial charge in [-0.3, -0.25) is 0 Å². The molecule has 1 atom stereocenters. The summed E-state index contributed by atoms with van der Waals surface area (Å²) in [6.07, 6.45) is 10.1. The lowest BCUT2D eigenvalue weighted by Gasteiger charge is -2.21. The van der Waals surface area contributed by atoms with Crippen LogP contribution in [-0.2, 0) is 6.42 Å². The quantitative estimate of drug-likeness (QED) is 0.782. The van der Waals surface area contributed by atoms with Gasteiger partial charge in [0.2, 0.25) is 0 Å². The Labute approximate surface area is 134 Å². The first kappa shape index (κ1) is 15.4. The summed E-state index contributed by atoms with van der Waals surface area (Å²) in [5, 5.41) is 7.08. The van der Waals surface area contributed by atoms with Gasteiger partial charge in [-0.15, -0.1) is 0 Å². The van der Waals surface area contributed by atoms with Crippen molar-refractivity contribution in [1.82, 2.24) is 5.32 Å². The second-order valence-corrected chi connectivity index (χ2v) is 6.52. The van der Waals surface area contributed by atoms with E-state index in [1.807, 2.05) is 0 Å². The average Bonchev–Trinajstić information content (AvgIpc) is 2.56. The standard InChI is InChI=1S/C19H28N2O/c1-15(20-10-9-16-5-3-2-4-6-16)13-17-7-8-19-18(14-17)21-11-12-22-19/h5,7-8,14-15,20-21H,2-4,6,9-13H2,1H3. The number of rotatable bonds is 6. The van der Waals surface area contributed by atoms with Gasteiger partial charge in [0.1, 0.15) is 12.4 Å². The molecule has 3 rings (SSSR count). The first-order valence-electron chi connectivity index (χ1n) is 8.72. The molecule has 3 nitrogen and oxygen atoms in total. The highest BCUT2D eigenvalue weighted by molar-refractivity contribution is 5.59. The van der Waals surface area contributed by atoms with Crippen molar-refractivity contribution in [3.63, 3.8) is 0 Å². The van der Waals surface area contributed by atoms with Crippen LogP contribution in [0.2, 0.25) is 0 Å². The average molecular weight is 300 g/mol. The summed E-state index contributed by atoms with van der Waals surface area (Å²) in [5.74, 6) is 0.986. The summed E-state index contributed by atoms with van der Waals surface area (Å²) in [6, 6.07) is 7.02. The van der Waals surface area contributed by atoms with Crippen molar-refractivity contribution >= 4 is 5.69 Å². The maximum absolute atomic E-state index is 5.63. The van der Waals surface area contributed by atoms with Crippen LogP contribution >= 0.6 is 0 Å². The molecule has 0 spiro atoms. The molecule has 1 aliphatic heterocycles. The molecule has 1 aromatic carbocycles. The number of benzene rings is 1. The second-order valence-electron chi connectivity index (χ2n) is 6.52. The van der Waals surface area contributed by atoms with Gasteiger partial charge in [0, 0.05) is 12.6 Å². The van der Waals surface area contributed by atoms with E-state index in [0.717, 1.165) is 37.6 Å². The highest BCUT2D eigenvalue weighted by Crippen LogP contribution is 2.28. The Morgan fingerprint density at radius 1 is 1.32 bits per heavy atom. The Bertz CT molecular complexity index is 524. The second kappa shape index (κ2) is 7.68. The van der Waals surface area contributed by atoms with Crippen LogP contribution in [0.15, 0.2) is 29.8 Å². The lowest BCUT2D eigenvalue weighted by atomic mass is 9.97. The first-order chi connectivity index (χ1) is 10.8. The molecule has 0 fully saturated rings. The van der Waals surface area contributed by atoms with E-state index in [1.165, 1.54) is 37.7 Å². The van der Waals surface area contributed by atoms with Crippen molar-refractivity contribution in [2.75, 3.05) is 25.0 Å². The highest BCUT2D eigenvalue weighted by atomic mass is 16.5. The number of nitrogens with one attached hydrogen (secondary N) is 2. The fourth-order valence-corrected chi connectivity index (χ4v) is 3.35. The summed E-state index contributed by atoms with van der Waals surface area (Å²) >= 11 is 0. The van der Waals surface area contributed by atoms with Crippen LogP contribution < -0.4 is 15.4 Å². The zero-order chi connectivity index (χ0) is 15.2. The zero-order valence-corrected chi connectivity index (χ0v) is 13.7. The third kappa shape index (κ3) is 4.26. The molecule has 1 heterocycles. The van der Waals surface area contributed by atoms with Crippen molar-refractivity contribution in [2.24, 2.45) is 0 Å². The third-order valence-corrected chi connectivity index (χ3v) is 4.58. The van der Waals surface area contributed by atoms with E-state index in [2.05, 4.69) is 41.8 Å². The molecule has 3 heteroatoms. The molecule has 0 radical (unpaired) electrons. The van der Waals surface area contributed by atoms with Crippen LogP contribution in [0.5, 0.6) is 5.75 Å². The van der Waals surface area contributed by atoms with Crippen molar-refractivity contribution in [3.8, 4) is 5.75 Å². The molecule has 0 bridgehead atoms. The summed E-state index contributed by atoms with van der Waals surface area (Å²) < 4.78 is 5.63. The van der Waals surface area contributed by atoms with Crippen molar-refractivity contribution < 1.29 is 4.74 Å². The molecule has 0 amide bonds. The highest BCUT2D eigenvalue weighted by Gasteiger charge is 2.11. The molecule has 0 saturated heterocycles. The van der Waals surface area contributed by atoms with Crippen LogP contribution in [-0.4, -0.2) is 25.7 Å². The molecule has 22 heavy (non-hydrogen) atoms. The van der Waals surface area contributed by atoms with E-state index in [1.54, 1.807) is 5.57 Å². The van der Waals surface area contributed by atoms with Gasteiger partial charge < -0.3 is 15.4 Å². The zero-order valence-electron chi connectivity index (χ0n) is 13.7. The Morgan fingerprint density at radius 2 is 2.27 bits per heavy atom. The summed E-state index contributed by atoms with van der Waals surface area (Å²) in [4.78, 5) is 0. The SMILES string of the molecule is CC(Cc1ccc2c(c1)NCCO2)NCCC1=CCCCC1. The summed E-state index contributed by atoms with van der Waals surface area (Å²) in [6.45, 7) is 5.04. The first-order valence-corrected chi connectivity index (χ1v) is 8.72. The van der Waals surface area contributed by atoms with E-state index in [4.69, 9.17) is 4.74 Å². The van der Waals surface area contributed by atoms with E-state index in [-0.39, 0.29) is 0 Å². The van der Waals surface area contributed by atoms with E-state index in [9.17, 15) is 0 Å². The van der Waals surface area contributed by atoms with Gasteiger partial charge >= 0.3 is 0 Å². The molecule has 1 aromatic rings. The number of hydrogen-bond acceptors (Lipinski definition) is 3. The normalized spacial score (nSPS) is 18.7. The van der Waals surface area contributed by atoms with Crippen molar-refractivity contribution in [2.45, 2.75) is 51.5 Å². The Balaban J connectivity index is 1.45. The predicted octanol–water partition coefficient (Wildman–Crippen LogP) is 3.90. The van der Waals surface area contributed by atoms with E-state index >= 15 is 0 Å². The maximum atomic E-state index is 5.63. The van der Waals surface area contributed by atoms with Crippen LogP contribution in [0.3, 0.4) is 0 Å². The van der Waals surface area contributed by atoms with Gasteiger partial charge in [-0.1, -0.05) is 17.7 Å². The van der Waals surface area contributed by atoms with E-state index in [0.29, 0.717) is 6.04 Å². The molecule has 2 aliphatic rings. The number of allylic oxidation sites excluding steroid dienone is 1. The molecular formula is C19H28N2O. The van der Waals surface area contributed by atoms with E-state index < -0.39 is 0 Å². The minimum Gasteiger partial charge on any atom is -0.490 e. The number of hydrogen-bond donors (Lipinski definition) is 2. The van der Waals surface area contributed by atoms with Gasteiger partial charge in [0.15, 0.2) is 0 Å². The summed E-state index contributed by atoms with van der Waals surface area (Å²) in [7, 11) is 0. The van der Waals surface area contributed by atoms with Crippen molar-refractivity contribution in [3.05, 3.63) is 35.4 Å². The van der Waals surface area contributed by atoms with Crippen LogP contribution in [0.4, 0.5) is 5.69 Å². The van der Waals surface area contributed by atoms with Gasteiger partial charge in [-0.05, 0) is 69.7 Å². The molecular weight excluding hydrogens is 272 g/mol. The predicted molar refractivity (Wildman–Crippen MR) is 92.8 cm³/mol. The molecule has 2 N–H and O–H groups in total. The molecule has 1 unspecified atom stereocenters. The van der Waals surface area contributed by atoms with Gasteiger partial charge in [-0.25, -0.2) is 0 Å². The van der Waals surface area contributed by atoms with Crippen LogP contribution in [0.1, 0.15) is 44.6 Å². The number of fused-ring (bicyclic) bond motifs is 1. The number of anilines is 1. The van der Waals surface area contributed by atoms with Crippen LogP contribution in [0, 0.1) is 0 Å². The van der Waals surface area contributed by atoms with Gasteiger partial charge in [0.05, 0.1) is 5.69 Å². The Kier molecular flexibility index (Phi) is 5.38. The monoisotopic (exact) mass is 300 g/mol. The molecule has 0 aromatic heterocycles. The molecule has 1 aliphatic carbocycles. The molecule has 120 valence electrons. The Morgan fingerprint density at radius 3 is 3.14 bits per heavy atom. The lowest BCUT2D eigenvalue weighted by molar-refractivity contribution is 0.323.